The molecule has 1 aromatic rings. The fourth-order valence-electron chi connectivity index (χ4n) is 3.08. The monoisotopic (exact) mass is 503 g/mol. The molecule has 0 unspecified atom stereocenters. The number of carbonyl (C=O) groups is 1. The van der Waals surface area contributed by atoms with E-state index in [0.29, 0.717) is 18.7 Å². The molecule has 1 aliphatic rings. The van der Waals surface area contributed by atoms with Crippen molar-refractivity contribution in [2.24, 2.45) is 4.99 Å². The number of halogens is 1. The Morgan fingerprint density at radius 3 is 2.64 bits per heavy atom. The van der Waals surface area contributed by atoms with Gasteiger partial charge in [0.1, 0.15) is 5.75 Å². The second kappa shape index (κ2) is 14.4. The van der Waals surface area contributed by atoms with Crippen molar-refractivity contribution in [3.8, 4) is 5.75 Å². The number of carbonyl (C=O) groups excluding carboxylic acids is 1. The van der Waals surface area contributed by atoms with Crippen LogP contribution < -0.4 is 16.0 Å². The van der Waals surface area contributed by atoms with Crippen LogP contribution in [0.1, 0.15) is 43.0 Å². The van der Waals surface area contributed by atoms with Crippen LogP contribution in [-0.4, -0.2) is 67.7 Å². The van der Waals surface area contributed by atoms with E-state index in [-0.39, 0.29) is 35.6 Å². The summed E-state index contributed by atoms with van der Waals surface area (Å²) < 4.78 is 0. The van der Waals surface area contributed by atoms with E-state index in [2.05, 4.69) is 32.8 Å². The molecule has 1 saturated heterocycles. The van der Waals surface area contributed by atoms with Crippen LogP contribution in [0.4, 0.5) is 0 Å². The molecule has 0 aromatic heterocycles. The van der Waals surface area contributed by atoms with Crippen LogP contribution in [0, 0.1) is 0 Å². The van der Waals surface area contributed by atoms with Crippen molar-refractivity contribution < 1.29 is 9.90 Å². The van der Waals surface area contributed by atoms with E-state index in [1.807, 2.05) is 0 Å². The van der Waals surface area contributed by atoms with Gasteiger partial charge in [-0.25, -0.2) is 0 Å². The number of likely N-dealkylation sites (tertiary alicyclic amines) is 1. The van der Waals surface area contributed by atoms with Gasteiger partial charge in [0.05, 0.1) is 0 Å². The molecule has 1 fully saturated rings. The van der Waals surface area contributed by atoms with Crippen LogP contribution in [0.3, 0.4) is 0 Å². The van der Waals surface area contributed by atoms with Crippen molar-refractivity contribution in [3.05, 3.63) is 29.8 Å². The molecule has 0 bridgehead atoms. The Bertz CT molecular complexity index is 606. The zero-order valence-electron chi connectivity index (χ0n) is 16.7. The van der Waals surface area contributed by atoms with E-state index >= 15 is 0 Å². The molecule has 8 heteroatoms. The van der Waals surface area contributed by atoms with Crippen LogP contribution in [0.5, 0.6) is 5.75 Å². The summed E-state index contributed by atoms with van der Waals surface area (Å²) in [4.78, 5) is 19.1. The molecule has 7 nitrogen and oxygen atoms in total. The molecular formula is C20H34IN5O2. The second-order valence-corrected chi connectivity index (χ2v) is 6.75. The summed E-state index contributed by atoms with van der Waals surface area (Å²) in [6, 6.07) is 6.35. The number of guanidine groups is 1. The Labute approximate surface area is 185 Å². The quantitative estimate of drug-likeness (QED) is 0.180. The fraction of sp³-hybridized carbons (Fsp3) is 0.600. The van der Waals surface area contributed by atoms with Gasteiger partial charge in [0.2, 0.25) is 0 Å². The summed E-state index contributed by atoms with van der Waals surface area (Å²) in [6.45, 7) is 8.40. The number of amides is 1. The molecule has 4 N–H and O–H groups in total. The lowest BCUT2D eigenvalue weighted by Crippen LogP contribution is -2.42. The van der Waals surface area contributed by atoms with E-state index in [1.54, 1.807) is 18.2 Å². The first kappa shape index (κ1) is 24.5. The van der Waals surface area contributed by atoms with Gasteiger partial charge in [0.25, 0.3) is 5.91 Å². The van der Waals surface area contributed by atoms with Gasteiger partial charge in [-0.1, -0.05) is 12.5 Å². The van der Waals surface area contributed by atoms with Crippen molar-refractivity contribution >= 4 is 35.8 Å². The zero-order valence-corrected chi connectivity index (χ0v) is 19.1. The standard InChI is InChI=1S/C20H33N5O2.HI/c1-2-21-20(24-12-15-25-13-4-3-5-14-25)23-11-7-10-22-19(27)17-8-6-9-18(26)16-17;/h6,8-9,16,26H,2-5,7,10-15H2,1H3,(H,22,27)(H2,21,23,24);1H. The van der Waals surface area contributed by atoms with Gasteiger partial charge in [-0.2, -0.15) is 0 Å². The Morgan fingerprint density at radius 1 is 1.14 bits per heavy atom. The van der Waals surface area contributed by atoms with Gasteiger partial charge in [-0.3, -0.25) is 9.79 Å². The van der Waals surface area contributed by atoms with Crippen LogP contribution >= 0.6 is 24.0 Å². The largest absolute Gasteiger partial charge is 0.508 e. The van der Waals surface area contributed by atoms with Crippen LogP contribution in [-0.2, 0) is 0 Å². The van der Waals surface area contributed by atoms with E-state index in [4.69, 9.17) is 0 Å². The molecule has 1 heterocycles. The number of benzene rings is 1. The molecule has 0 aliphatic carbocycles. The maximum absolute atomic E-state index is 12.0. The number of rotatable bonds is 9. The number of piperidine rings is 1. The smallest absolute Gasteiger partial charge is 0.251 e. The average molecular weight is 503 g/mol. The zero-order chi connectivity index (χ0) is 19.3. The molecule has 0 spiro atoms. The summed E-state index contributed by atoms with van der Waals surface area (Å²) in [7, 11) is 0. The average Bonchev–Trinajstić information content (AvgIpc) is 2.68. The molecule has 0 atom stereocenters. The van der Waals surface area contributed by atoms with Gasteiger partial charge in [-0.15, -0.1) is 24.0 Å². The lowest BCUT2D eigenvalue weighted by Gasteiger charge is -2.26. The number of hydrogen-bond donors (Lipinski definition) is 4. The Balaban J connectivity index is 0.00000392. The van der Waals surface area contributed by atoms with Gasteiger partial charge in [-0.05, 0) is 57.5 Å². The van der Waals surface area contributed by atoms with Gasteiger partial charge in [0.15, 0.2) is 5.96 Å². The van der Waals surface area contributed by atoms with Crippen molar-refractivity contribution in [1.82, 2.24) is 20.9 Å². The summed E-state index contributed by atoms with van der Waals surface area (Å²) in [5.41, 5.74) is 0.464. The number of aliphatic imine (C=N–C) groups is 1. The summed E-state index contributed by atoms with van der Waals surface area (Å²) in [6.07, 6.45) is 4.73. The van der Waals surface area contributed by atoms with Crippen molar-refractivity contribution in [1.29, 1.82) is 0 Å². The van der Waals surface area contributed by atoms with Crippen molar-refractivity contribution in [2.45, 2.75) is 32.6 Å². The van der Waals surface area contributed by atoms with Gasteiger partial charge in [0, 0.05) is 38.3 Å². The number of nitrogens with one attached hydrogen (secondary N) is 3. The Morgan fingerprint density at radius 2 is 1.93 bits per heavy atom. The number of nitrogens with zero attached hydrogens (tertiary/aromatic N) is 2. The van der Waals surface area contributed by atoms with Crippen LogP contribution in [0.25, 0.3) is 0 Å². The third-order valence-corrected chi connectivity index (χ3v) is 4.51. The van der Waals surface area contributed by atoms with Gasteiger partial charge < -0.3 is 26.0 Å². The predicted molar refractivity (Wildman–Crippen MR) is 125 cm³/mol. The first-order valence-corrected chi connectivity index (χ1v) is 10.0. The fourth-order valence-corrected chi connectivity index (χ4v) is 3.08. The lowest BCUT2D eigenvalue weighted by atomic mass is 10.1. The summed E-state index contributed by atoms with van der Waals surface area (Å²) in [5, 5.41) is 18.9. The van der Waals surface area contributed by atoms with E-state index in [9.17, 15) is 9.90 Å². The molecule has 2 rings (SSSR count). The molecule has 1 aliphatic heterocycles. The Hall–Kier alpha value is -1.55. The highest BCUT2D eigenvalue weighted by molar-refractivity contribution is 14.0. The molecule has 158 valence electrons. The van der Waals surface area contributed by atoms with Crippen molar-refractivity contribution in [3.63, 3.8) is 0 Å². The number of hydrogen-bond acceptors (Lipinski definition) is 4. The minimum atomic E-state index is -0.179. The molecule has 0 radical (unpaired) electrons. The summed E-state index contributed by atoms with van der Waals surface area (Å²) in [5.74, 6) is 0.744. The molecule has 1 aromatic carbocycles. The topological polar surface area (TPSA) is 89.0 Å². The maximum Gasteiger partial charge on any atom is 0.251 e. The normalized spacial score (nSPS) is 14.8. The SMILES string of the molecule is CCNC(=NCCCNC(=O)c1cccc(O)c1)NCCN1CCCCC1.I. The highest BCUT2D eigenvalue weighted by Gasteiger charge is 2.09. The van der Waals surface area contributed by atoms with E-state index in [0.717, 1.165) is 32.0 Å². The summed E-state index contributed by atoms with van der Waals surface area (Å²) >= 11 is 0. The highest BCUT2D eigenvalue weighted by Crippen LogP contribution is 2.10. The minimum Gasteiger partial charge on any atom is -0.508 e. The van der Waals surface area contributed by atoms with E-state index < -0.39 is 0 Å². The number of aromatic hydroxyl groups is 1. The Kier molecular flexibility index (Phi) is 12.6. The molecule has 28 heavy (non-hydrogen) atoms. The first-order valence-electron chi connectivity index (χ1n) is 10.0. The van der Waals surface area contributed by atoms with Crippen molar-refractivity contribution in [2.75, 3.05) is 45.8 Å². The predicted octanol–water partition coefficient (Wildman–Crippen LogP) is 2.17. The lowest BCUT2D eigenvalue weighted by molar-refractivity contribution is 0.0953. The first-order chi connectivity index (χ1) is 13.2. The number of phenols is 1. The van der Waals surface area contributed by atoms with Crippen LogP contribution in [0.2, 0.25) is 0 Å². The minimum absolute atomic E-state index is 0. The third-order valence-electron chi connectivity index (χ3n) is 4.51. The maximum atomic E-state index is 12.0. The molecular weight excluding hydrogens is 469 g/mol. The third kappa shape index (κ3) is 9.59. The van der Waals surface area contributed by atoms with Gasteiger partial charge >= 0.3 is 0 Å². The van der Waals surface area contributed by atoms with Crippen LogP contribution in [0.15, 0.2) is 29.3 Å². The molecule has 0 saturated carbocycles. The second-order valence-electron chi connectivity index (χ2n) is 6.75. The highest BCUT2D eigenvalue weighted by atomic mass is 127. The van der Waals surface area contributed by atoms with E-state index in [1.165, 1.54) is 38.4 Å². The number of phenolic OH excluding ortho intramolecular Hbond substituents is 1. The molecule has 1 amide bonds.